The Labute approximate surface area is 138 Å². The molecule has 0 atom stereocenters. The molecule has 0 aromatic carbocycles. The van der Waals surface area contributed by atoms with E-state index in [0.717, 1.165) is 24.6 Å². The van der Waals surface area contributed by atoms with Crippen molar-refractivity contribution in [2.45, 2.75) is 33.2 Å². The molecule has 1 rings (SSSR count). The molecule has 0 aliphatic rings. The van der Waals surface area contributed by atoms with Crippen molar-refractivity contribution in [1.29, 1.82) is 0 Å². The fraction of sp³-hybridized carbons (Fsp3) is 0.643. The van der Waals surface area contributed by atoms with Crippen molar-refractivity contribution in [2.75, 3.05) is 20.2 Å². The molecule has 1 heterocycles. The van der Waals surface area contributed by atoms with E-state index in [1.807, 2.05) is 12.1 Å². The summed E-state index contributed by atoms with van der Waals surface area (Å²) in [7, 11) is 1.73. The second kappa shape index (κ2) is 10.0. The molecule has 1 aromatic heterocycles. The Balaban J connectivity index is 0.00000361. The van der Waals surface area contributed by atoms with E-state index in [1.165, 1.54) is 0 Å². The molecular weight excluding hydrogens is 369 g/mol. The van der Waals surface area contributed by atoms with Gasteiger partial charge < -0.3 is 20.2 Å². The fourth-order valence-electron chi connectivity index (χ4n) is 1.86. The molecule has 3 N–H and O–H groups in total. The summed E-state index contributed by atoms with van der Waals surface area (Å²) in [5.74, 6) is 1.58. The highest BCUT2D eigenvalue weighted by atomic mass is 127. The molecule has 0 aliphatic carbocycles. The van der Waals surface area contributed by atoms with Crippen molar-refractivity contribution in [3.8, 4) is 0 Å². The van der Waals surface area contributed by atoms with Crippen LogP contribution >= 0.6 is 24.0 Å². The molecule has 0 aliphatic heterocycles. The van der Waals surface area contributed by atoms with Crippen molar-refractivity contribution in [2.24, 2.45) is 10.4 Å². The van der Waals surface area contributed by atoms with E-state index < -0.39 is 0 Å². The van der Waals surface area contributed by atoms with Crippen LogP contribution in [0.2, 0.25) is 0 Å². The van der Waals surface area contributed by atoms with Gasteiger partial charge in [0.05, 0.1) is 19.4 Å². The quantitative estimate of drug-likeness (QED) is 0.377. The summed E-state index contributed by atoms with van der Waals surface area (Å²) in [6.45, 7) is 5.68. The minimum absolute atomic E-state index is 0. The monoisotopic (exact) mass is 395 g/mol. The van der Waals surface area contributed by atoms with Crippen LogP contribution in [0, 0.1) is 5.41 Å². The molecule has 1 aromatic rings. The van der Waals surface area contributed by atoms with Gasteiger partial charge in [-0.2, -0.15) is 0 Å². The fourth-order valence-corrected chi connectivity index (χ4v) is 1.86. The van der Waals surface area contributed by atoms with Gasteiger partial charge in [0.15, 0.2) is 5.96 Å². The Morgan fingerprint density at radius 2 is 2.05 bits per heavy atom. The number of halogens is 1. The number of aliphatic imine (C=N–C) groups is 1. The first-order valence-electron chi connectivity index (χ1n) is 6.77. The van der Waals surface area contributed by atoms with Crippen LogP contribution in [-0.2, 0) is 6.54 Å². The zero-order valence-corrected chi connectivity index (χ0v) is 14.8. The van der Waals surface area contributed by atoms with E-state index in [2.05, 4.69) is 29.5 Å². The van der Waals surface area contributed by atoms with E-state index in [1.54, 1.807) is 13.3 Å². The Morgan fingerprint density at radius 1 is 1.35 bits per heavy atom. The molecule has 5 nitrogen and oxygen atoms in total. The third-order valence-corrected chi connectivity index (χ3v) is 3.70. The number of aliphatic hydroxyl groups is 1. The molecule has 6 heteroatoms. The number of rotatable bonds is 7. The van der Waals surface area contributed by atoms with E-state index in [-0.39, 0.29) is 36.0 Å². The van der Waals surface area contributed by atoms with Crippen molar-refractivity contribution >= 4 is 29.9 Å². The van der Waals surface area contributed by atoms with Gasteiger partial charge in [-0.05, 0) is 25.0 Å². The van der Waals surface area contributed by atoms with Gasteiger partial charge in [-0.15, -0.1) is 24.0 Å². The number of nitrogens with zero attached hydrogens (tertiary/aromatic N) is 1. The third-order valence-electron chi connectivity index (χ3n) is 3.70. The van der Waals surface area contributed by atoms with Gasteiger partial charge in [0.25, 0.3) is 0 Å². The molecule has 0 fully saturated rings. The number of hydrogen-bond acceptors (Lipinski definition) is 3. The van der Waals surface area contributed by atoms with Gasteiger partial charge in [0.1, 0.15) is 5.76 Å². The van der Waals surface area contributed by atoms with E-state index in [4.69, 9.17) is 4.42 Å². The van der Waals surface area contributed by atoms with Crippen LogP contribution in [0.3, 0.4) is 0 Å². The summed E-state index contributed by atoms with van der Waals surface area (Å²) in [5.41, 5.74) is -0.0810. The Bertz CT molecular complexity index is 368. The van der Waals surface area contributed by atoms with E-state index in [0.29, 0.717) is 13.1 Å². The molecule has 0 spiro atoms. The van der Waals surface area contributed by atoms with Crippen LogP contribution in [0.25, 0.3) is 0 Å². The van der Waals surface area contributed by atoms with Crippen molar-refractivity contribution in [3.63, 3.8) is 0 Å². The maximum Gasteiger partial charge on any atom is 0.191 e. The van der Waals surface area contributed by atoms with E-state index >= 15 is 0 Å². The molecular formula is C14H26IN3O2. The lowest BCUT2D eigenvalue weighted by atomic mass is 9.83. The normalized spacial score (nSPS) is 11.9. The summed E-state index contributed by atoms with van der Waals surface area (Å²) in [5, 5.41) is 16.0. The summed E-state index contributed by atoms with van der Waals surface area (Å²) in [6.07, 6.45) is 3.52. The van der Waals surface area contributed by atoms with Gasteiger partial charge >= 0.3 is 0 Å². The molecule has 0 saturated heterocycles. The first kappa shape index (κ1) is 19.2. The molecule has 116 valence electrons. The Hall–Kier alpha value is -0.760. The minimum atomic E-state index is -0.0810. The molecule has 0 unspecified atom stereocenters. The van der Waals surface area contributed by atoms with Crippen LogP contribution in [0.1, 0.15) is 32.4 Å². The second-order valence-electron chi connectivity index (χ2n) is 4.72. The first-order chi connectivity index (χ1) is 9.19. The summed E-state index contributed by atoms with van der Waals surface area (Å²) >= 11 is 0. The Morgan fingerprint density at radius 3 is 2.50 bits per heavy atom. The average Bonchev–Trinajstić information content (AvgIpc) is 2.97. The van der Waals surface area contributed by atoms with Crippen LogP contribution in [-0.4, -0.2) is 31.3 Å². The van der Waals surface area contributed by atoms with Crippen LogP contribution < -0.4 is 10.6 Å². The van der Waals surface area contributed by atoms with Gasteiger partial charge in [-0.3, -0.25) is 4.99 Å². The topological polar surface area (TPSA) is 69.8 Å². The average molecular weight is 395 g/mol. The lowest BCUT2D eigenvalue weighted by Gasteiger charge is -2.30. The van der Waals surface area contributed by atoms with Gasteiger partial charge in [0.2, 0.25) is 0 Å². The van der Waals surface area contributed by atoms with E-state index in [9.17, 15) is 5.11 Å². The lowest BCUT2D eigenvalue weighted by Crippen LogP contribution is -2.44. The summed E-state index contributed by atoms with van der Waals surface area (Å²) < 4.78 is 5.25. The molecule has 0 saturated carbocycles. The zero-order valence-electron chi connectivity index (χ0n) is 12.5. The van der Waals surface area contributed by atoms with Crippen LogP contribution in [0.5, 0.6) is 0 Å². The van der Waals surface area contributed by atoms with Crippen molar-refractivity contribution in [1.82, 2.24) is 10.6 Å². The second-order valence-corrected chi connectivity index (χ2v) is 4.72. The zero-order chi connectivity index (χ0) is 14.1. The number of aliphatic hydroxyl groups excluding tert-OH is 1. The summed E-state index contributed by atoms with van der Waals surface area (Å²) in [6, 6.07) is 3.77. The summed E-state index contributed by atoms with van der Waals surface area (Å²) in [4.78, 5) is 4.16. The standard InChI is InChI=1S/C14H25N3O2.HI/c1-4-14(5-2,11-18)10-17-13(15-3)16-9-12-7-6-8-19-12;/h6-8,18H,4-5,9-11H2,1-3H3,(H2,15,16,17);1H. The number of hydrogen-bond donors (Lipinski definition) is 3. The highest BCUT2D eigenvalue weighted by Crippen LogP contribution is 2.24. The number of furan rings is 1. The largest absolute Gasteiger partial charge is 0.467 e. The van der Waals surface area contributed by atoms with Crippen LogP contribution in [0.15, 0.2) is 27.8 Å². The van der Waals surface area contributed by atoms with Crippen molar-refractivity contribution in [3.05, 3.63) is 24.2 Å². The maximum atomic E-state index is 9.53. The molecule has 0 amide bonds. The molecule has 0 radical (unpaired) electrons. The first-order valence-corrected chi connectivity index (χ1v) is 6.77. The highest BCUT2D eigenvalue weighted by Gasteiger charge is 2.25. The highest BCUT2D eigenvalue weighted by molar-refractivity contribution is 14.0. The smallest absolute Gasteiger partial charge is 0.191 e. The van der Waals surface area contributed by atoms with Gasteiger partial charge in [-0.1, -0.05) is 13.8 Å². The Kier molecular flexibility index (Phi) is 9.66. The van der Waals surface area contributed by atoms with Gasteiger partial charge in [-0.25, -0.2) is 0 Å². The SMILES string of the molecule is CCC(CC)(CO)CNC(=NC)NCc1ccco1.I. The number of guanidine groups is 1. The lowest BCUT2D eigenvalue weighted by molar-refractivity contribution is 0.118. The van der Waals surface area contributed by atoms with Crippen LogP contribution in [0.4, 0.5) is 0 Å². The molecule has 0 bridgehead atoms. The van der Waals surface area contributed by atoms with Crippen molar-refractivity contribution < 1.29 is 9.52 Å². The predicted octanol–water partition coefficient (Wildman–Crippen LogP) is 2.36. The maximum absolute atomic E-state index is 9.53. The molecule has 20 heavy (non-hydrogen) atoms. The minimum Gasteiger partial charge on any atom is -0.467 e. The number of nitrogens with one attached hydrogen (secondary N) is 2. The third kappa shape index (κ3) is 5.70. The van der Waals surface area contributed by atoms with Gasteiger partial charge in [0, 0.05) is 19.0 Å². The predicted molar refractivity (Wildman–Crippen MR) is 92.4 cm³/mol.